The highest BCUT2D eigenvalue weighted by molar-refractivity contribution is 7.08. The Balaban J connectivity index is 1.48. The molecule has 7 heteroatoms. The van der Waals surface area contributed by atoms with Crippen LogP contribution in [0.1, 0.15) is 29.3 Å². The van der Waals surface area contributed by atoms with E-state index in [2.05, 4.69) is 41.0 Å². The van der Waals surface area contributed by atoms with Gasteiger partial charge in [0.1, 0.15) is 0 Å². The first-order chi connectivity index (χ1) is 16.1. The van der Waals surface area contributed by atoms with Crippen molar-refractivity contribution < 1.29 is 4.79 Å². The third-order valence-corrected chi connectivity index (χ3v) is 6.83. The SMILES string of the molecule is CCc1cccc(NC(=O)N2CCc3nc(-c4cccnc4)nc(-c4cscc4C)c3C2)c1. The van der Waals surface area contributed by atoms with Gasteiger partial charge in [-0.2, -0.15) is 11.3 Å². The standard InChI is InChI=1S/C26H25N5OS/c1-3-18-6-4-8-20(12-18)28-26(32)31-11-9-23-21(14-31)24(22-16-33-15-17(22)2)30-25(29-23)19-7-5-10-27-13-19/h4-8,10,12-13,15-16H,3,9,11,14H2,1-2H3,(H,28,32). The van der Waals surface area contributed by atoms with E-state index in [1.807, 2.05) is 35.2 Å². The number of hydrogen-bond acceptors (Lipinski definition) is 5. The maximum Gasteiger partial charge on any atom is 0.322 e. The van der Waals surface area contributed by atoms with Crippen molar-refractivity contribution in [3.8, 4) is 22.6 Å². The number of rotatable bonds is 4. The molecule has 1 aromatic carbocycles. The largest absolute Gasteiger partial charge is 0.322 e. The summed E-state index contributed by atoms with van der Waals surface area (Å²) in [5.74, 6) is 0.678. The molecule has 0 spiro atoms. The first-order valence-corrected chi connectivity index (χ1v) is 12.0. The van der Waals surface area contributed by atoms with Gasteiger partial charge >= 0.3 is 6.03 Å². The van der Waals surface area contributed by atoms with Gasteiger partial charge in [-0.25, -0.2) is 14.8 Å². The van der Waals surface area contributed by atoms with Crippen LogP contribution in [0.5, 0.6) is 0 Å². The van der Waals surface area contributed by atoms with Crippen molar-refractivity contribution in [2.75, 3.05) is 11.9 Å². The van der Waals surface area contributed by atoms with Crippen LogP contribution in [0.4, 0.5) is 10.5 Å². The van der Waals surface area contributed by atoms with Gasteiger partial charge in [0.15, 0.2) is 5.82 Å². The second-order valence-electron chi connectivity index (χ2n) is 8.19. The lowest BCUT2D eigenvalue weighted by Gasteiger charge is -2.30. The summed E-state index contributed by atoms with van der Waals surface area (Å²) in [4.78, 5) is 29.0. The van der Waals surface area contributed by atoms with E-state index in [4.69, 9.17) is 9.97 Å². The molecule has 3 aromatic heterocycles. The Hall–Kier alpha value is -3.58. The molecule has 0 unspecified atom stereocenters. The molecule has 4 aromatic rings. The number of fused-ring (bicyclic) bond motifs is 1. The Bertz CT molecular complexity index is 1300. The third kappa shape index (κ3) is 4.36. The molecular formula is C26H25N5OS. The van der Waals surface area contributed by atoms with Crippen LogP contribution < -0.4 is 5.32 Å². The number of urea groups is 1. The van der Waals surface area contributed by atoms with Crippen molar-refractivity contribution in [1.82, 2.24) is 19.9 Å². The molecule has 0 atom stereocenters. The van der Waals surface area contributed by atoms with Crippen molar-refractivity contribution >= 4 is 23.1 Å². The predicted molar refractivity (Wildman–Crippen MR) is 132 cm³/mol. The predicted octanol–water partition coefficient (Wildman–Crippen LogP) is 5.73. The fourth-order valence-corrected chi connectivity index (χ4v) is 4.94. The smallest absolute Gasteiger partial charge is 0.320 e. The molecule has 4 heterocycles. The van der Waals surface area contributed by atoms with Gasteiger partial charge < -0.3 is 10.2 Å². The Labute approximate surface area is 197 Å². The average Bonchev–Trinajstić information content (AvgIpc) is 3.29. The van der Waals surface area contributed by atoms with Crippen molar-refractivity contribution in [1.29, 1.82) is 0 Å². The highest BCUT2D eigenvalue weighted by atomic mass is 32.1. The molecule has 0 radical (unpaired) electrons. The van der Waals surface area contributed by atoms with Crippen LogP contribution in [0.2, 0.25) is 0 Å². The van der Waals surface area contributed by atoms with Crippen LogP contribution in [0.3, 0.4) is 0 Å². The number of nitrogens with zero attached hydrogens (tertiary/aromatic N) is 4. The van der Waals surface area contributed by atoms with Crippen molar-refractivity contribution in [3.63, 3.8) is 0 Å². The van der Waals surface area contributed by atoms with Gasteiger partial charge in [0, 0.05) is 53.1 Å². The van der Waals surface area contributed by atoms with E-state index in [0.29, 0.717) is 25.3 Å². The zero-order valence-electron chi connectivity index (χ0n) is 18.7. The van der Waals surface area contributed by atoms with Gasteiger partial charge in [-0.05, 0) is 54.1 Å². The van der Waals surface area contributed by atoms with Crippen molar-refractivity contribution in [2.45, 2.75) is 33.2 Å². The lowest BCUT2D eigenvalue weighted by molar-refractivity contribution is 0.206. The fraction of sp³-hybridized carbons (Fsp3) is 0.231. The van der Waals surface area contributed by atoms with Crippen LogP contribution in [-0.4, -0.2) is 32.4 Å². The lowest BCUT2D eigenvalue weighted by Crippen LogP contribution is -2.39. The summed E-state index contributed by atoms with van der Waals surface area (Å²) in [6.45, 7) is 5.29. The van der Waals surface area contributed by atoms with E-state index < -0.39 is 0 Å². The highest BCUT2D eigenvalue weighted by Crippen LogP contribution is 2.34. The minimum absolute atomic E-state index is 0.0989. The molecule has 33 heavy (non-hydrogen) atoms. The number of pyridine rings is 1. The quantitative estimate of drug-likeness (QED) is 0.427. The summed E-state index contributed by atoms with van der Waals surface area (Å²) in [6.07, 6.45) is 5.15. The van der Waals surface area contributed by atoms with Gasteiger partial charge in [-0.15, -0.1) is 0 Å². The Kier molecular flexibility index (Phi) is 5.88. The van der Waals surface area contributed by atoms with Gasteiger partial charge in [-0.3, -0.25) is 4.98 Å². The minimum Gasteiger partial charge on any atom is -0.320 e. The molecule has 166 valence electrons. The van der Waals surface area contributed by atoms with Crippen LogP contribution in [0.15, 0.2) is 59.6 Å². The summed E-state index contributed by atoms with van der Waals surface area (Å²) in [7, 11) is 0. The van der Waals surface area contributed by atoms with Crippen LogP contribution in [-0.2, 0) is 19.4 Å². The molecular weight excluding hydrogens is 430 g/mol. The van der Waals surface area contributed by atoms with E-state index >= 15 is 0 Å². The second-order valence-corrected chi connectivity index (χ2v) is 8.93. The molecule has 5 rings (SSSR count). The van der Waals surface area contributed by atoms with Crippen molar-refractivity contribution in [2.24, 2.45) is 0 Å². The fourth-order valence-electron chi connectivity index (χ4n) is 4.11. The Morgan fingerprint density at radius 3 is 2.85 bits per heavy atom. The normalized spacial score (nSPS) is 13.0. The summed E-state index contributed by atoms with van der Waals surface area (Å²) in [5, 5.41) is 7.31. The number of carbonyl (C=O) groups is 1. The zero-order valence-corrected chi connectivity index (χ0v) is 19.5. The summed E-state index contributed by atoms with van der Waals surface area (Å²) in [5.41, 5.74) is 8.12. The van der Waals surface area contributed by atoms with E-state index in [0.717, 1.165) is 40.2 Å². The summed E-state index contributed by atoms with van der Waals surface area (Å²) >= 11 is 1.66. The molecule has 1 aliphatic rings. The third-order valence-electron chi connectivity index (χ3n) is 5.96. The Morgan fingerprint density at radius 2 is 2.09 bits per heavy atom. The van der Waals surface area contributed by atoms with Gasteiger partial charge in [-0.1, -0.05) is 19.1 Å². The van der Waals surface area contributed by atoms with Gasteiger partial charge in [0.25, 0.3) is 0 Å². The molecule has 2 amide bonds. The van der Waals surface area contributed by atoms with E-state index in [1.165, 1.54) is 11.1 Å². The molecule has 0 bridgehead atoms. The monoisotopic (exact) mass is 455 g/mol. The van der Waals surface area contributed by atoms with Crippen LogP contribution in [0, 0.1) is 6.92 Å². The van der Waals surface area contributed by atoms with Crippen LogP contribution >= 0.6 is 11.3 Å². The number of hydrogen-bond donors (Lipinski definition) is 1. The van der Waals surface area contributed by atoms with E-state index in [1.54, 1.807) is 23.7 Å². The maximum absolute atomic E-state index is 13.1. The molecule has 0 aliphatic carbocycles. The number of amides is 2. The van der Waals surface area contributed by atoms with Crippen molar-refractivity contribution in [3.05, 3.63) is 81.9 Å². The topological polar surface area (TPSA) is 71.0 Å². The number of nitrogens with one attached hydrogen (secondary N) is 1. The molecule has 0 saturated heterocycles. The lowest BCUT2D eigenvalue weighted by atomic mass is 9.98. The van der Waals surface area contributed by atoms with E-state index in [9.17, 15) is 4.79 Å². The number of aromatic nitrogens is 3. The first-order valence-electron chi connectivity index (χ1n) is 11.1. The Morgan fingerprint density at radius 1 is 1.18 bits per heavy atom. The molecule has 1 aliphatic heterocycles. The number of carbonyl (C=O) groups excluding carboxylic acids is 1. The second kappa shape index (κ2) is 9.11. The molecule has 0 fully saturated rings. The van der Waals surface area contributed by atoms with E-state index in [-0.39, 0.29) is 6.03 Å². The minimum atomic E-state index is -0.0989. The summed E-state index contributed by atoms with van der Waals surface area (Å²) < 4.78 is 0. The number of benzene rings is 1. The average molecular weight is 456 g/mol. The maximum atomic E-state index is 13.1. The number of thiophene rings is 1. The molecule has 1 N–H and O–H groups in total. The highest BCUT2D eigenvalue weighted by Gasteiger charge is 2.27. The number of aryl methyl sites for hydroxylation is 2. The first kappa shape index (κ1) is 21.3. The number of anilines is 1. The summed E-state index contributed by atoms with van der Waals surface area (Å²) in [6, 6.07) is 11.8. The molecule has 6 nitrogen and oxygen atoms in total. The van der Waals surface area contributed by atoms with Gasteiger partial charge in [0.05, 0.1) is 17.9 Å². The zero-order chi connectivity index (χ0) is 22.8. The molecule has 0 saturated carbocycles. The van der Waals surface area contributed by atoms with Gasteiger partial charge in [0.2, 0.25) is 0 Å². The van der Waals surface area contributed by atoms with Crippen LogP contribution in [0.25, 0.3) is 22.6 Å².